The Morgan fingerprint density at radius 1 is 1.14 bits per heavy atom. The zero-order chi connectivity index (χ0) is 19.6. The Kier molecular flexibility index (Phi) is 5.64. The highest BCUT2D eigenvalue weighted by Gasteiger charge is 2.31. The number of rotatable bonds is 5. The second kappa shape index (κ2) is 8.17. The van der Waals surface area contributed by atoms with Gasteiger partial charge in [0.2, 0.25) is 10.0 Å². The topological polar surface area (TPSA) is 62.3 Å². The quantitative estimate of drug-likeness (QED) is 0.687. The summed E-state index contributed by atoms with van der Waals surface area (Å²) >= 11 is 5.93. The molecule has 2 heterocycles. The lowest BCUT2D eigenvalue weighted by atomic mass is 10.1. The molecule has 1 atom stereocenters. The zero-order valence-corrected chi connectivity index (χ0v) is 17.0. The summed E-state index contributed by atoms with van der Waals surface area (Å²) in [5, 5.41) is 5.75. The number of hydrogen-bond acceptors (Lipinski definition) is 4. The molecule has 28 heavy (non-hydrogen) atoms. The average molecular weight is 416 g/mol. The third kappa shape index (κ3) is 4.05. The summed E-state index contributed by atoms with van der Waals surface area (Å²) in [6, 6.07) is 14.9. The first-order valence-electron chi connectivity index (χ1n) is 9.35. The number of pyridine rings is 1. The number of fused-ring (bicyclic) bond motifs is 1. The third-order valence-electron chi connectivity index (χ3n) is 5.15. The number of hydrogen-bond donors (Lipinski definition) is 1. The van der Waals surface area contributed by atoms with Crippen molar-refractivity contribution in [2.45, 2.75) is 30.3 Å². The molecule has 1 aromatic heterocycles. The van der Waals surface area contributed by atoms with Crippen LogP contribution in [0.3, 0.4) is 0 Å². The first kappa shape index (κ1) is 19.3. The van der Waals surface area contributed by atoms with E-state index in [4.69, 9.17) is 11.6 Å². The lowest BCUT2D eigenvalue weighted by molar-refractivity contribution is 0.282. The second-order valence-corrected chi connectivity index (χ2v) is 9.41. The molecule has 1 aliphatic heterocycles. The molecule has 4 rings (SSSR count). The molecule has 5 nitrogen and oxygen atoms in total. The number of piperidine rings is 1. The van der Waals surface area contributed by atoms with Gasteiger partial charge in [-0.05, 0) is 42.7 Å². The summed E-state index contributed by atoms with van der Waals surface area (Å²) in [6.45, 7) is 1.70. The van der Waals surface area contributed by atoms with Crippen LogP contribution < -0.4 is 5.32 Å². The maximum atomic E-state index is 13.3. The molecule has 0 radical (unpaired) electrons. The Morgan fingerprint density at radius 2 is 1.96 bits per heavy atom. The van der Waals surface area contributed by atoms with Crippen LogP contribution in [0.5, 0.6) is 0 Å². The van der Waals surface area contributed by atoms with E-state index in [1.807, 2.05) is 30.3 Å². The van der Waals surface area contributed by atoms with Crippen molar-refractivity contribution in [2.75, 3.05) is 13.1 Å². The number of nitrogens with zero attached hydrogens (tertiary/aromatic N) is 2. The largest absolute Gasteiger partial charge is 0.309 e. The van der Waals surface area contributed by atoms with E-state index in [2.05, 4.69) is 10.3 Å². The van der Waals surface area contributed by atoms with E-state index < -0.39 is 10.0 Å². The van der Waals surface area contributed by atoms with Crippen molar-refractivity contribution >= 4 is 32.4 Å². The maximum absolute atomic E-state index is 13.3. The fourth-order valence-corrected chi connectivity index (χ4v) is 5.51. The van der Waals surface area contributed by atoms with Gasteiger partial charge in [0, 0.05) is 53.9 Å². The van der Waals surface area contributed by atoms with Crippen molar-refractivity contribution < 1.29 is 8.42 Å². The van der Waals surface area contributed by atoms with Crippen LogP contribution in [0, 0.1) is 0 Å². The Morgan fingerprint density at radius 3 is 2.79 bits per heavy atom. The van der Waals surface area contributed by atoms with E-state index in [1.54, 1.807) is 34.9 Å². The molecule has 146 valence electrons. The van der Waals surface area contributed by atoms with E-state index in [9.17, 15) is 8.42 Å². The summed E-state index contributed by atoms with van der Waals surface area (Å²) in [4.78, 5) is 4.45. The fraction of sp³-hybridized carbons (Fsp3) is 0.286. The second-order valence-electron chi connectivity index (χ2n) is 7.06. The van der Waals surface area contributed by atoms with Crippen LogP contribution in [0.1, 0.15) is 18.4 Å². The van der Waals surface area contributed by atoms with Crippen LogP contribution >= 0.6 is 11.6 Å². The van der Waals surface area contributed by atoms with Gasteiger partial charge in [-0.3, -0.25) is 4.98 Å². The molecule has 2 aromatic carbocycles. The molecule has 1 unspecified atom stereocenters. The minimum atomic E-state index is -3.56. The molecule has 3 aromatic rings. The van der Waals surface area contributed by atoms with Crippen molar-refractivity contribution in [1.29, 1.82) is 0 Å². The number of aromatic nitrogens is 1. The van der Waals surface area contributed by atoms with Crippen LogP contribution in [-0.4, -0.2) is 36.8 Å². The first-order valence-corrected chi connectivity index (χ1v) is 11.2. The smallest absolute Gasteiger partial charge is 0.243 e. The lowest BCUT2D eigenvalue weighted by Gasteiger charge is -2.32. The minimum Gasteiger partial charge on any atom is -0.309 e. The van der Waals surface area contributed by atoms with Gasteiger partial charge in [0.25, 0.3) is 0 Å². The van der Waals surface area contributed by atoms with Crippen molar-refractivity contribution in [3.8, 4) is 0 Å². The number of sulfonamides is 1. The average Bonchev–Trinajstić information content (AvgIpc) is 2.73. The predicted octanol–water partition coefficient (Wildman–Crippen LogP) is 3.83. The van der Waals surface area contributed by atoms with E-state index in [0.717, 1.165) is 23.8 Å². The fourth-order valence-electron chi connectivity index (χ4n) is 3.65. The first-order chi connectivity index (χ1) is 13.5. The minimum absolute atomic E-state index is 0.121. The molecule has 0 saturated carbocycles. The Balaban J connectivity index is 1.51. The number of nitrogens with one attached hydrogen (secondary N) is 1. The molecule has 0 bridgehead atoms. The zero-order valence-electron chi connectivity index (χ0n) is 15.4. The molecule has 7 heteroatoms. The van der Waals surface area contributed by atoms with E-state index in [0.29, 0.717) is 34.9 Å². The monoisotopic (exact) mass is 415 g/mol. The van der Waals surface area contributed by atoms with Crippen LogP contribution in [-0.2, 0) is 16.6 Å². The molecule has 1 N–H and O–H groups in total. The molecule has 1 saturated heterocycles. The summed E-state index contributed by atoms with van der Waals surface area (Å²) < 4.78 is 28.2. The highest BCUT2D eigenvalue weighted by atomic mass is 35.5. The van der Waals surface area contributed by atoms with Crippen molar-refractivity contribution in [3.05, 3.63) is 71.5 Å². The van der Waals surface area contributed by atoms with Gasteiger partial charge < -0.3 is 5.32 Å². The predicted molar refractivity (Wildman–Crippen MR) is 112 cm³/mol. The highest BCUT2D eigenvalue weighted by molar-refractivity contribution is 7.89. The van der Waals surface area contributed by atoms with E-state index >= 15 is 0 Å². The summed E-state index contributed by atoms with van der Waals surface area (Å²) in [7, 11) is -3.56. The van der Waals surface area contributed by atoms with Crippen LogP contribution in [0.25, 0.3) is 10.8 Å². The molecular formula is C21H22ClN3O2S. The summed E-state index contributed by atoms with van der Waals surface area (Å²) in [6.07, 6.45) is 5.12. The molecule has 0 amide bonds. The van der Waals surface area contributed by atoms with Gasteiger partial charge in [-0.2, -0.15) is 4.31 Å². The van der Waals surface area contributed by atoms with Crippen molar-refractivity contribution in [2.24, 2.45) is 0 Å². The van der Waals surface area contributed by atoms with Gasteiger partial charge in [0.1, 0.15) is 0 Å². The molecule has 0 spiro atoms. The molecule has 1 fully saturated rings. The van der Waals surface area contributed by atoms with E-state index in [1.165, 1.54) is 0 Å². The molecule has 1 aliphatic rings. The van der Waals surface area contributed by atoms with Gasteiger partial charge in [0.05, 0.1) is 4.90 Å². The lowest BCUT2D eigenvalue weighted by Crippen LogP contribution is -2.47. The van der Waals surface area contributed by atoms with Crippen LogP contribution in [0.15, 0.2) is 65.8 Å². The van der Waals surface area contributed by atoms with Gasteiger partial charge in [-0.1, -0.05) is 35.9 Å². The Bertz CT molecular complexity index is 1070. The van der Waals surface area contributed by atoms with Gasteiger partial charge in [0.15, 0.2) is 0 Å². The standard InChI is InChI=1S/C21H22ClN3O2S/c22-18-8-6-16(7-9-18)13-24-19-4-2-12-25(15-19)28(26,27)21-5-1-3-17-14-23-11-10-20(17)21/h1,3,5-11,14,19,24H,2,4,12-13,15H2. The SMILES string of the molecule is O=S(=O)(c1cccc2cnccc12)N1CCCC(NCc2ccc(Cl)cc2)C1. The van der Waals surface area contributed by atoms with Gasteiger partial charge >= 0.3 is 0 Å². The summed E-state index contributed by atoms with van der Waals surface area (Å²) in [5.74, 6) is 0. The maximum Gasteiger partial charge on any atom is 0.243 e. The normalized spacial score (nSPS) is 18.4. The molecular weight excluding hydrogens is 394 g/mol. The number of benzene rings is 2. The van der Waals surface area contributed by atoms with E-state index in [-0.39, 0.29) is 6.04 Å². The summed E-state index contributed by atoms with van der Waals surface area (Å²) in [5.41, 5.74) is 1.13. The number of halogens is 1. The van der Waals surface area contributed by atoms with Gasteiger partial charge in [-0.15, -0.1) is 0 Å². The third-order valence-corrected chi connectivity index (χ3v) is 7.33. The van der Waals surface area contributed by atoms with Gasteiger partial charge in [-0.25, -0.2) is 8.42 Å². The van der Waals surface area contributed by atoms with Crippen LogP contribution in [0.4, 0.5) is 0 Å². The Hall–Kier alpha value is -1.99. The van der Waals surface area contributed by atoms with Crippen molar-refractivity contribution in [1.82, 2.24) is 14.6 Å². The van der Waals surface area contributed by atoms with Crippen molar-refractivity contribution in [3.63, 3.8) is 0 Å². The highest BCUT2D eigenvalue weighted by Crippen LogP contribution is 2.27. The molecule has 0 aliphatic carbocycles. The Labute approximate surface area is 170 Å². The van der Waals surface area contributed by atoms with Crippen LogP contribution in [0.2, 0.25) is 5.02 Å².